The van der Waals surface area contributed by atoms with Crippen LogP contribution in [0.5, 0.6) is 0 Å². The topological polar surface area (TPSA) is 52.6 Å². The van der Waals surface area contributed by atoms with Crippen LogP contribution in [0, 0.1) is 5.92 Å². The van der Waals surface area contributed by atoms with E-state index in [-0.39, 0.29) is 11.9 Å². The van der Waals surface area contributed by atoms with Gasteiger partial charge in [0, 0.05) is 24.5 Å². The van der Waals surface area contributed by atoms with E-state index in [1.807, 2.05) is 13.0 Å². The molecular weight excluding hydrogens is 328 g/mol. The van der Waals surface area contributed by atoms with E-state index < -0.39 is 6.10 Å². The summed E-state index contributed by atoms with van der Waals surface area (Å²) in [5, 5.41) is 12.7. The van der Waals surface area contributed by atoms with Gasteiger partial charge in [-0.05, 0) is 46.8 Å². The van der Waals surface area contributed by atoms with E-state index in [0.717, 1.165) is 23.2 Å². The SMILES string of the molecule is CC1CCN(C(=O)NCCc2ccc(Br)s2)CC1O. The molecule has 6 heteroatoms. The molecule has 0 aromatic carbocycles. The second-order valence-corrected chi connectivity index (χ2v) is 7.51. The molecule has 2 N–H and O–H groups in total. The Kier molecular flexibility index (Phi) is 5.24. The van der Waals surface area contributed by atoms with Gasteiger partial charge in [0.2, 0.25) is 0 Å². The van der Waals surface area contributed by atoms with Gasteiger partial charge < -0.3 is 15.3 Å². The summed E-state index contributed by atoms with van der Waals surface area (Å²) >= 11 is 5.11. The van der Waals surface area contributed by atoms with Crippen molar-refractivity contribution >= 4 is 33.3 Å². The molecule has 0 radical (unpaired) electrons. The second kappa shape index (κ2) is 6.72. The molecule has 1 aliphatic heterocycles. The van der Waals surface area contributed by atoms with Crippen LogP contribution < -0.4 is 5.32 Å². The largest absolute Gasteiger partial charge is 0.391 e. The number of nitrogens with one attached hydrogen (secondary N) is 1. The smallest absolute Gasteiger partial charge is 0.317 e. The van der Waals surface area contributed by atoms with Gasteiger partial charge in [0.15, 0.2) is 0 Å². The van der Waals surface area contributed by atoms with Crippen LogP contribution in [0.4, 0.5) is 4.79 Å². The van der Waals surface area contributed by atoms with Gasteiger partial charge in [-0.1, -0.05) is 6.92 Å². The highest BCUT2D eigenvalue weighted by molar-refractivity contribution is 9.11. The molecule has 0 spiro atoms. The number of carbonyl (C=O) groups excluding carboxylic acids is 1. The van der Waals surface area contributed by atoms with Crippen molar-refractivity contribution in [2.75, 3.05) is 19.6 Å². The molecule has 2 atom stereocenters. The van der Waals surface area contributed by atoms with Crippen LogP contribution in [-0.2, 0) is 6.42 Å². The third-order valence-electron chi connectivity index (χ3n) is 3.48. The molecule has 1 saturated heterocycles. The van der Waals surface area contributed by atoms with Crippen molar-refractivity contribution in [2.24, 2.45) is 5.92 Å². The predicted octanol–water partition coefficient (Wildman–Crippen LogP) is 2.47. The van der Waals surface area contributed by atoms with Crippen LogP contribution in [0.15, 0.2) is 15.9 Å². The lowest BCUT2D eigenvalue weighted by Gasteiger charge is -2.34. The summed E-state index contributed by atoms with van der Waals surface area (Å²) in [7, 11) is 0. The predicted molar refractivity (Wildman–Crippen MR) is 80.5 cm³/mol. The number of nitrogens with zero attached hydrogens (tertiary/aromatic N) is 1. The molecule has 2 heterocycles. The number of β-amino-alcohol motifs (C(OH)–C–C–N with tert-alkyl or cyclic N) is 1. The Balaban J connectivity index is 1.72. The first-order chi connectivity index (χ1) is 9.06. The lowest BCUT2D eigenvalue weighted by molar-refractivity contribution is 0.0436. The van der Waals surface area contributed by atoms with Gasteiger partial charge in [0.05, 0.1) is 9.89 Å². The fourth-order valence-corrected chi connectivity index (χ4v) is 3.61. The third-order valence-corrected chi connectivity index (χ3v) is 5.17. The highest BCUT2D eigenvalue weighted by Crippen LogP contribution is 2.22. The lowest BCUT2D eigenvalue weighted by Crippen LogP contribution is -2.49. The Hall–Kier alpha value is -0.590. The molecule has 4 nitrogen and oxygen atoms in total. The zero-order chi connectivity index (χ0) is 13.8. The fourth-order valence-electron chi connectivity index (χ4n) is 2.12. The number of aliphatic hydroxyl groups is 1. The molecule has 1 aliphatic rings. The maximum absolute atomic E-state index is 11.9. The van der Waals surface area contributed by atoms with Crippen molar-refractivity contribution in [3.05, 3.63) is 20.8 Å². The monoisotopic (exact) mass is 346 g/mol. The second-order valence-electron chi connectivity index (χ2n) is 4.97. The van der Waals surface area contributed by atoms with E-state index in [1.165, 1.54) is 4.88 Å². The highest BCUT2D eigenvalue weighted by atomic mass is 79.9. The zero-order valence-corrected chi connectivity index (χ0v) is 13.3. The van der Waals surface area contributed by atoms with Gasteiger partial charge in [-0.2, -0.15) is 0 Å². The molecule has 0 saturated carbocycles. The molecule has 19 heavy (non-hydrogen) atoms. The number of halogens is 1. The van der Waals surface area contributed by atoms with E-state index >= 15 is 0 Å². The fraction of sp³-hybridized carbons (Fsp3) is 0.615. The van der Waals surface area contributed by atoms with Crippen molar-refractivity contribution in [3.8, 4) is 0 Å². The number of piperidine rings is 1. The lowest BCUT2D eigenvalue weighted by atomic mass is 9.96. The van der Waals surface area contributed by atoms with E-state index in [0.29, 0.717) is 13.1 Å². The number of hydrogen-bond donors (Lipinski definition) is 2. The van der Waals surface area contributed by atoms with E-state index in [2.05, 4.69) is 27.3 Å². The van der Waals surface area contributed by atoms with Crippen LogP contribution in [0.25, 0.3) is 0 Å². The number of amides is 2. The zero-order valence-electron chi connectivity index (χ0n) is 10.9. The molecule has 1 fully saturated rings. The summed E-state index contributed by atoms with van der Waals surface area (Å²) < 4.78 is 1.11. The number of rotatable bonds is 3. The molecule has 1 aromatic heterocycles. The van der Waals surface area contributed by atoms with Crippen molar-refractivity contribution in [1.29, 1.82) is 0 Å². The van der Waals surface area contributed by atoms with Crippen LogP contribution in [0.2, 0.25) is 0 Å². The first kappa shape index (κ1) is 14.8. The van der Waals surface area contributed by atoms with Crippen molar-refractivity contribution in [2.45, 2.75) is 25.9 Å². The summed E-state index contributed by atoms with van der Waals surface area (Å²) in [4.78, 5) is 14.9. The maximum atomic E-state index is 11.9. The molecule has 0 aliphatic carbocycles. The van der Waals surface area contributed by atoms with Gasteiger partial charge in [0.25, 0.3) is 0 Å². The Morgan fingerprint density at radius 2 is 2.42 bits per heavy atom. The van der Waals surface area contributed by atoms with Gasteiger partial charge in [-0.3, -0.25) is 0 Å². The third kappa shape index (κ3) is 4.19. The molecule has 0 bridgehead atoms. The molecule has 1 aromatic rings. The number of aliphatic hydroxyl groups excluding tert-OH is 1. The number of hydrogen-bond acceptors (Lipinski definition) is 3. The molecule has 2 rings (SSSR count). The Bertz CT molecular complexity index is 438. The number of carbonyl (C=O) groups is 1. The first-order valence-electron chi connectivity index (χ1n) is 6.51. The van der Waals surface area contributed by atoms with Crippen molar-refractivity contribution in [3.63, 3.8) is 0 Å². The van der Waals surface area contributed by atoms with Gasteiger partial charge in [0.1, 0.15) is 0 Å². The normalized spacial score (nSPS) is 23.4. The minimum atomic E-state index is -0.396. The number of likely N-dealkylation sites (tertiary alicyclic amines) is 1. The summed E-state index contributed by atoms with van der Waals surface area (Å²) in [6.07, 6.45) is 1.31. The minimum Gasteiger partial charge on any atom is -0.391 e. The summed E-state index contributed by atoms with van der Waals surface area (Å²) in [5.41, 5.74) is 0. The average molecular weight is 347 g/mol. The Morgan fingerprint density at radius 1 is 1.63 bits per heavy atom. The average Bonchev–Trinajstić information content (AvgIpc) is 2.78. The molecular formula is C13H19BrN2O2S. The summed E-state index contributed by atoms with van der Waals surface area (Å²) in [6.45, 7) is 3.83. The van der Waals surface area contributed by atoms with Gasteiger partial charge in [-0.25, -0.2) is 4.79 Å². The summed E-state index contributed by atoms with van der Waals surface area (Å²) in [6, 6.07) is 4.01. The van der Waals surface area contributed by atoms with Gasteiger partial charge in [-0.15, -0.1) is 11.3 Å². The van der Waals surface area contributed by atoms with Gasteiger partial charge >= 0.3 is 6.03 Å². The highest BCUT2D eigenvalue weighted by Gasteiger charge is 2.26. The van der Waals surface area contributed by atoms with E-state index in [1.54, 1.807) is 16.2 Å². The number of thiophene rings is 1. The maximum Gasteiger partial charge on any atom is 0.317 e. The van der Waals surface area contributed by atoms with Crippen molar-refractivity contribution in [1.82, 2.24) is 10.2 Å². The van der Waals surface area contributed by atoms with E-state index in [9.17, 15) is 9.90 Å². The minimum absolute atomic E-state index is 0.0680. The van der Waals surface area contributed by atoms with Crippen LogP contribution >= 0.6 is 27.3 Å². The summed E-state index contributed by atoms with van der Waals surface area (Å²) in [5.74, 6) is 0.285. The quantitative estimate of drug-likeness (QED) is 0.883. The molecule has 2 unspecified atom stereocenters. The Labute approximate surface area is 125 Å². The van der Waals surface area contributed by atoms with Crippen LogP contribution in [0.1, 0.15) is 18.2 Å². The standard InChI is InChI=1S/C13H19BrN2O2S/c1-9-5-7-16(8-11(9)17)13(18)15-6-4-10-2-3-12(14)19-10/h2-3,9,11,17H,4-8H2,1H3,(H,15,18). The first-order valence-corrected chi connectivity index (χ1v) is 8.12. The number of urea groups is 1. The molecule has 106 valence electrons. The Morgan fingerprint density at radius 3 is 3.05 bits per heavy atom. The molecule has 2 amide bonds. The van der Waals surface area contributed by atoms with Crippen LogP contribution in [-0.4, -0.2) is 41.8 Å². The van der Waals surface area contributed by atoms with Crippen molar-refractivity contribution < 1.29 is 9.90 Å². The van der Waals surface area contributed by atoms with E-state index in [4.69, 9.17) is 0 Å². The van der Waals surface area contributed by atoms with Crippen LogP contribution in [0.3, 0.4) is 0 Å².